The van der Waals surface area contributed by atoms with E-state index in [9.17, 15) is 0 Å². The molecule has 2 N–H and O–H groups in total. The van der Waals surface area contributed by atoms with Crippen molar-refractivity contribution in [2.45, 2.75) is 12.8 Å². The van der Waals surface area contributed by atoms with E-state index in [1.807, 2.05) is 35.0 Å². The molecule has 4 heteroatoms. The first-order valence-electron chi connectivity index (χ1n) is 4.56. The van der Waals surface area contributed by atoms with Crippen LogP contribution < -0.4 is 5.90 Å². The molecule has 4 nitrogen and oxygen atoms in total. The molecule has 2 rings (SSSR count). The zero-order chi connectivity index (χ0) is 9.97. The van der Waals surface area contributed by atoms with Gasteiger partial charge in [0.05, 0.1) is 6.61 Å². The van der Waals surface area contributed by atoms with Crippen molar-refractivity contribution in [1.82, 2.24) is 9.38 Å². The van der Waals surface area contributed by atoms with Gasteiger partial charge in [-0.1, -0.05) is 13.0 Å². The molecule has 0 fully saturated rings. The average molecular weight is 191 g/mol. The van der Waals surface area contributed by atoms with Gasteiger partial charge >= 0.3 is 0 Å². The lowest BCUT2D eigenvalue weighted by Crippen LogP contribution is -2.10. The van der Waals surface area contributed by atoms with Gasteiger partial charge in [-0.2, -0.15) is 0 Å². The Morgan fingerprint density at radius 2 is 2.43 bits per heavy atom. The normalized spacial score (nSPS) is 13.3. The number of nitrogens with two attached hydrogens (primary N) is 1. The highest BCUT2D eigenvalue weighted by molar-refractivity contribution is 5.40. The van der Waals surface area contributed by atoms with E-state index >= 15 is 0 Å². The zero-order valence-corrected chi connectivity index (χ0v) is 8.05. The third-order valence-corrected chi connectivity index (χ3v) is 2.30. The number of hydrogen-bond acceptors (Lipinski definition) is 3. The van der Waals surface area contributed by atoms with Crippen LogP contribution in [0, 0.1) is 0 Å². The van der Waals surface area contributed by atoms with Crippen molar-refractivity contribution in [3.63, 3.8) is 0 Å². The van der Waals surface area contributed by atoms with Crippen molar-refractivity contribution < 1.29 is 4.84 Å². The molecule has 0 aliphatic rings. The smallest absolute Gasteiger partial charge is 0.136 e. The summed E-state index contributed by atoms with van der Waals surface area (Å²) in [6.45, 7) is 2.56. The molecule has 14 heavy (non-hydrogen) atoms. The number of pyridine rings is 1. The predicted molar refractivity (Wildman–Crippen MR) is 53.7 cm³/mol. The number of nitrogens with zero attached hydrogens (tertiary/aromatic N) is 2. The number of hydrogen-bond donors (Lipinski definition) is 1. The maximum atomic E-state index is 5.05. The monoisotopic (exact) mass is 191 g/mol. The van der Waals surface area contributed by atoms with Crippen LogP contribution in [0.1, 0.15) is 18.5 Å². The van der Waals surface area contributed by atoms with Gasteiger partial charge < -0.3 is 9.24 Å². The topological polar surface area (TPSA) is 52.5 Å². The van der Waals surface area contributed by atoms with Gasteiger partial charge in [-0.3, -0.25) is 0 Å². The van der Waals surface area contributed by atoms with E-state index in [0.717, 1.165) is 11.3 Å². The van der Waals surface area contributed by atoms with E-state index in [1.54, 1.807) is 0 Å². The number of rotatable bonds is 3. The average Bonchev–Trinajstić information content (AvgIpc) is 2.61. The van der Waals surface area contributed by atoms with Crippen LogP contribution >= 0.6 is 0 Å². The molecule has 0 aliphatic carbocycles. The van der Waals surface area contributed by atoms with Crippen LogP contribution in [0.4, 0.5) is 0 Å². The Balaban J connectivity index is 2.42. The number of imidazole rings is 1. The first-order valence-corrected chi connectivity index (χ1v) is 4.56. The van der Waals surface area contributed by atoms with Crippen LogP contribution in [0.25, 0.3) is 5.65 Å². The minimum Gasteiger partial charge on any atom is -0.304 e. The molecule has 2 heterocycles. The van der Waals surface area contributed by atoms with Gasteiger partial charge in [0.2, 0.25) is 0 Å². The Bertz CT molecular complexity index is 424. The van der Waals surface area contributed by atoms with Crippen molar-refractivity contribution in [3.05, 3.63) is 36.3 Å². The Kier molecular flexibility index (Phi) is 2.47. The molecule has 0 radical (unpaired) electrons. The van der Waals surface area contributed by atoms with Crippen molar-refractivity contribution in [2.24, 2.45) is 5.90 Å². The Labute approximate surface area is 82.3 Å². The molecule has 2 aromatic heterocycles. The Morgan fingerprint density at radius 1 is 1.57 bits per heavy atom. The summed E-state index contributed by atoms with van der Waals surface area (Å²) in [5.41, 5.74) is 2.07. The number of fused-ring (bicyclic) bond motifs is 1. The van der Waals surface area contributed by atoms with Gasteiger partial charge in [0.1, 0.15) is 5.65 Å². The molecule has 0 saturated heterocycles. The molecule has 0 spiro atoms. The van der Waals surface area contributed by atoms with Crippen molar-refractivity contribution in [3.8, 4) is 0 Å². The summed E-state index contributed by atoms with van der Waals surface area (Å²) in [7, 11) is 0. The fourth-order valence-corrected chi connectivity index (χ4v) is 1.55. The van der Waals surface area contributed by atoms with E-state index in [4.69, 9.17) is 5.90 Å². The maximum absolute atomic E-state index is 5.05. The summed E-state index contributed by atoms with van der Waals surface area (Å²) in [4.78, 5) is 8.92. The lowest BCUT2D eigenvalue weighted by molar-refractivity contribution is 0.125. The van der Waals surface area contributed by atoms with Gasteiger partial charge in [0, 0.05) is 24.0 Å². The van der Waals surface area contributed by atoms with E-state index < -0.39 is 0 Å². The molecule has 74 valence electrons. The fourth-order valence-electron chi connectivity index (χ4n) is 1.55. The summed E-state index contributed by atoms with van der Waals surface area (Å²) < 4.78 is 2.05. The summed E-state index contributed by atoms with van der Waals surface area (Å²) in [5, 5.41) is 0. The lowest BCUT2D eigenvalue weighted by atomic mass is 10.1. The highest BCUT2D eigenvalue weighted by Gasteiger charge is 2.10. The zero-order valence-electron chi connectivity index (χ0n) is 8.05. The molecule has 0 amide bonds. The second kappa shape index (κ2) is 3.77. The molecule has 0 bridgehead atoms. The van der Waals surface area contributed by atoms with E-state index in [0.29, 0.717) is 6.61 Å². The molecular weight excluding hydrogens is 178 g/mol. The van der Waals surface area contributed by atoms with Crippen LogP contribution in [0.15, 0.2) is 30.6 Å². The Hall–Kier alpha value is -1.39. The molecule has 0 aromatic carbocycles. The summed E-state index contributed by atoms with van der Waals surface area (Å²) in [6.07, 6.45) is 3.85. The summed E-state index contributed by atoms with van der Waals surface area (Å²) in [5.74, 6) is 5.30. The minimum atomic E-state index is 0.248. The van der Waals surface area contributed by atoms with Gasteiger partial charge in [0.15, 0.2) is 0 Å². The Morgan fingerprint density at radius 3 is 3.21 bits per heavy atom. The lowest BCUT2D eigenvalue weighted by Gasteiger charge is -2.08. The second-order valence-corrected chi connectivity index (χ2v) is 3.35. The fraction of sp³-hybridized carbons (Fsp3) is 0.300. The SMILES string of the molecule is CC(CON)c1cnc2ccccn12. The van der Waals surface area contributed by atoms with Crippen LogP contribution in [0.5, 0.6) is 0 Å². The molecule has 2 aromatic rings. The summed E-state index contributed by atoms with van der Waals surface area (Å²) in [6, 6.07) is 5.92. The van der Waals surface area contributed by atoms with E-state index in [-0.39, 0.29) is 5.92 Å². The van der Waals surface area contributed by atoms with Gasteiger partial charge in [-0.15, -0.1) is 0 Å². The predicted octanol–water partition coefficient (Wildman–Crippen LogP) is 1.33. The van der Waals surface area contributed by atoms with Gasteiger partial charge in [-0.25, -0.2) is 10.9 Å². The third kappa shape index (κ3) is 1.49. The van der Waals surface area contributed by atoms with Crippen molar-refractivity contribution in [1.29, 1.82) is 0 Å². The highest BCUT2D eigenvalue weighted by Crippen LogP contribution is 2.16. The molecule has 0 saturated carbocycles. The summed E-state index contributed by atoms with van der Waals surface area (Å²) >= 11 is 0. The standard InChI is InChI=1S/C10H13N3O/c1-8(7-14-11)9-6-12-10-4-2-3-5-13(9)10/h2-6,8H,7,11H2,1H3. The second-order valence-electron chi connectivity index (χ2n) is 3.35. The van der Waals surface area contributed by atoms with Gasteiger partial charge in [0.25, 0.3) is 0 Å². The van der Waals surface area contributed by atoms with Crippen LogP contribution in [-0.4, -0.2) is 16.0 Å². The molecule has 1 unspecified atom stereocenters. The number of aromatic nitrogens is 2. The molecular formula is C10H13N3O. The quantitative estimate of drug-likeness (QED) is 0.744. The van der Waals surface area contributed by atoms with Crippen molar-refractivity contribution in [2.75, 3.05) is 6.61 Å². The van der Waals surface area contributed by atoms with Crippen LogP contribution in [-0.2, 0) is 4.84 Å². The third-order valence-electron chi connectivity index (χ3n) is 2.30. The largest absolute Gasteiger partial charge is 0.304 e. The van der Waals surface area contributed by atoms with E-state index in [1.165, 1.54) is 0 Å². The first-order chi connectivity index (χ1) is 6.83. The molecule has 0 aliphatic heterocycles. The maximum Gasteiger partial charge on any atom is 0.136 e. The highest BCUT2D eigenvalue weighted by atomic mass is 16.6. The van der Waals surface area contributed by atoms with Crippen LogP contribution in [0.3, 0.4) is 0 Å². The minimum absolute atomic E-state index is 0.248. The van der Waals surface area contributed by atoms with E-state index in [2.05, 4.69) is 16.7 Å². The van der Waals surface area contributed by atoms with Gasteiger partial charge in [-0.05, 0) is 12.1 Å². The van der Waals surface area contributed by atoms with Crippen LogP contribution in [0.2, 0.25) is 0 Å². The molecule has 1 atom stereocenters. The van der Waals surface area contributed by atoms with Crippen molar-refractivity contribution >= 4 is 5.65 Å². The first kappa shape index (κ1) is 9.18.